The van der Waals surface area contributed by atoms with E-state index in [0.717, 1.165) is 49.2 Å². The van der Waals surface area contributed by atoms with Crippen LogP contribution >= 0.6 is 0 Å². The Morgan fingerprint density at radius 2 is 1.85 bits per heavy atom. The van der Waals surface area contributed by atoms with Crippen LogP contribution in [-0.4, -0.2) is 40.2 Å². The van der Waals surface area contributed by atoms with Gasteiger partial charge in [-0.2, -0.15) is 0 Å². The second kappa shape index (κ2) is 9.05. The van der Waals surface area contributed by atoms with Crippen LogP contribution in [0.2, 0.25) is 0 Å². The average Bonchev–Trinajstić information content (AvgIpc) is 3.69. The molecule has 2 fully saturated rings. The highest BCUT2D eigenvalue weighted by Crippen LogP contribution is 2.36. The lowest BCUT2D eigenvalue weighted by molar-refractivity contribution is 0.363. The highest BCUT2D eigenvalue weighted by molar-refractivity contribution is 5.89. The largest absolute Gasteiger partial charge is 0.368 e. The van der Waals surface area contributed by atoms with Gasteiger partial charge in [0.05, 0.1) is 17.4 Å². The third kappa shape index (κ3) is 4.35. The second-order valence-corrected chi connectivity index (χ2v) is 9.58. The van der Waals surface area contributed by atoms with Crippen LogP contribution in [0.3, 0.4) is 0 Å². The molecule has 0 atom stereocenters. The van der Waals surface area contributed by atoms with Gasteiger partial charge in [0.25, 0.3) is 11.4 Å². The van der Waals surface area contributed by atoms with Gasteiger partial charge in [-0.15, -0.1) is 4.98 Å². The van der Waals surface area contributed by atoms with Crippen LogP contribution in [0.5, 0.6) is 0 Å². The number of nitrogens with zero attached hydrogens (tertiary/aromatic N) is 6. The zero-order chi connectivity index (χ0) is 23.8. The highest BCUT2D eigenvalue weighted by Gasteiger charge is 2.33. The number of aryl methyl sites for hydroxylation is 1. The molecule has 0 amide bonds. The van der Waals surface area contributed by atoms with Gasteiger partial charge in [0.1, 0.15) is 11.6 Å². The molecule has 3 aromatic rings. The summed E-state index contributed by atoms with van der Waals surface area (Å²) in [6, 6.07) is 9.02. The van der Waals surface area contributed by atoms with Crippen molar-refractivity contribution in [2.75, 3.05) is 23.4 Å². The van der Waals surface area contributed by atoms with Crippen molar-refractivity contribution in [1.29, 1.82) is 0 Å². The van der Waals surface area contributed by atoms with E-state index in [4.69, 9.17) is 6.57 Å². The van der Waals surface area contributed by atoms with Gasteiger partial charge in [0.2, 0.25) is 5.52 Å². The molecule has 0 N–H and O–H groups in total. The Labute approximate surface area is 198 Å². The molecule has 8 heteroatoms. The fraction of sp³-hybridized carbons (Fsp3) is 0.462. The molecule has 0 aliphatic heterocycles. The first-order chi connectivity index (χ1) is 16.4. The standard InChI is InChI=1S/C26H29FN6O/c1-28-23-12-11-21-26(30-23)22(14-25(34)32(21)3)31(2)19-7-9-20(10-8-19)33(16-17-4-5-17)24-13-6-18(27)15-29-24/h6,11-15,17,19-20H,4-5,7-10,16H2,2-3H3. The van der Waals surface area contributed by atoms with Gasteiger partial charge in [-0.1, -0.05) is 6.57 Å². The number of hydrogen-bond acceptors (Lipinski definition) is 5. The van der Waals surface area contributed by atoms with Gasteiger partial charge in [-0.3, -0.25) is 4.79 Å². The van der Waals surface area contributed by atoms with Crippen LogP contribution in [0.1, 0.15) is 38.5 Å². The molecule has 3 aromatic heterocycles. The summed E-state index contributed by atoms with van der Waals surface area (Å²) >= 11 is 0. The Hall–Kier alpha value is -3.47. The van der Waals surface area contributed by atoms with E-state index in [0.29, 0.717) is 23.3 Å². The molecule has 0 unspecified atom stereocenters. The van der Waals surface area contributed by atoms with Gasteiger partial charge < -0.3 is 19.2 Å². The summed E-state index contributed by atoms with van der Waals surface area (Å²) in [4.78, 5) is 29.6. The van der Waals surface area contributed by atoms with Gasteiger partial charge >= 0.3 is 0 Å². The lowest BCUT2D eigenvalue weighted by Gasteiger charge is -2.41. The first kappa shape index (κ1) is 22.3. The van der Waals surface area contributed by atoms with Gasteiger partial charge in [-0.05, 0) is 68.7 Å². The fourth-order valence-electron chi connectivity index (χ4n) is 5.13. The minimum absolute atomic E-state index is 0.0848. The van der Waals surface area contributed by atoms with Gasteiger partial charge in [-0.25, -0.2) is 9.37 Å². The summed E-state index contributed by atoms with van der Waals surface area (Å²) < 4.78 is 15.0. The molecular weight excluding hydrogens is 431 g/mol. The van der Waals surface area contributed by atoms with E-state index in [9.17, 15) is 9.18 Å². The Morgan fingerprint density at radius 1 is 1.12 bits per heavy atom. The van der Waals surface area contributed by atoms with Crippen molar-refractivity contribution in [2.24, 2.45) is 13.0 Å². The second-order valence-electron chi connectivity index (χ2n) is 9.58. The molecule has 2 saturated carbocycles. The molecule has 2 aliphatic carbocycles. The Morgan fingerprint density at radius 3 is 2.50 bits per heavy atom. The number of fused-ring (bicyclic) bond motifs is 1. The van der Waals surface area contributed by atoms with Crippen molar-refractivity contribution in [3.8, 4) is 0 Å². The monoisotopic (exact) mass is 460 g/mol. The molecule has 176 valence electrons. The topological polar surface area (TPSA) is 58.6 Å². The fourth-order valence-corrected chi connectivity index (χ4v) is 5.13. The van der Waals surface area contributed by atoms with Crippen LogP contribution in [0.4, 0.5) is 21.7 Å². The average molecular weight is 461 g/mol. The third-order valence-corrected chi connectivity index (χ3v) is 7.36. The molecule has 0 saturated heterocycles. The van der Waals surface area contributed by atoms with E-state index in [1.54, 1.807) is 35.9 Å². The summed E-state index contributed by atoms with van der Waals surface area (Å²) in [5, 5.41) is 0. The molecule has 7 nitrogen and oxygen atoms in total. The van der Waals surface area contributed by atoms with Crippen LogP contribution in [0.15, 0.2) is 41.3 Å². The molecule has 0 aromatic carbocycles. The molecule has 5 rings (SSSR count). The van der Waals surface area contributed by atoms with E-state index < -0.39 is 0 Å². The normalized spacial score (nSPS) is 20.2. The first-order valence-electron chi connectivity index (χ1n) is 11.9. The van der Waals surface area contributed by atoms with Crippen molar-refractivity contribution in [3.05, 3.63) is 64.1 Å². The van der Waals surface area contributed by atoms with E-state index >= 15 is 0 Å². The van der Waals surface area contributed by atoms with Crippen molar-refractivity contribution in [2.45, 2.75) is 50.6 Å². The third-order valence-electron chi connectivity index (χ3n) is 7.36. The zero-order valence-electron chi connectivity index (χ0n) is 19.6. The van der Waals surface area contributed by atoms with Crippen molar-refractivity contribution in [1.82, 2.24) is 14.5 Å². The molecule has 0 radical (unpaired) electrons. The van der Waals surface area contributed by atoms with Crippen LogP contribution in [-0.2, 0) is 7.05 Å². The maximum absolute atomic E-state index is 13.4. The lowest BCUT2D eigenvalue weighted by Crippen LogP contribution is -2.44. The molecule has 3 heterocycles. The number of halogens is 1. The molecule has 0 spiro atoms. The van der Waals surface area contributed by atoms with Gasteiger partial charge in [0.15, 0.2) is 0 Å². The molecule has 2 aliphatic rings. The maximum atomic E-state index is 13.4. The van der Waals surface area contributed by atoms with Crippen molar-refractivity contribution >= 4 is 28.4 Å². The van der Waals surface area contributed by atoms with Gasteiger partial charge in [0, 0.05) is 38.8 Å². The van der Waals surface area contributed by atoms with Crippen molar-refractivity contribution in [3.63, 3.8) is 0 Å². The lowest BCUT2D eigenvalue weighted by atomic mass is 9.88. The maximum Gasteiger partial charge on any atom is 0.270 e. The minimum Gasteiger partial charge on any atom is -0.368 e. The van der Waals surface area contributed by atoms with Crippen LogP contribution in [0, 0.1) is 18.3 Å². The van der Waals surface area contributed by atoms with E-state index in [1.807, 2.05) is 7.05 Å². The Balaban J connectivity index is 1.37. The summed E-state index contributed by atoms with van der Waals surface area (Å²) in [5.74, 6) is 1.59. The Bertz CT molecular complexity index is 1290. The smallest absolute Gasteiger partial charge is 0.270 e. The van der Waals surface area contributed by atoms with E-state index in [1.165, 1.54) is 25.1 Å². The predicted molar refractivity (Wildman–Crippen MR) is 132 cm³/mol. The summed E-state index contributed by atoms with van der Waals surface area (Å²) in [7, 11) is 3.76. The van der Waals surface area contributed by atoms with Crippen molar-refractivity contribution < 1.29 is 4.39 Å². The summed E-state index contributed by atoms with van der Waals surface area (Å²) in [6.07, 6.45) is 7.77. The van der Waals surface area contributed by atoms with Crippen LogP contribution in [0.25, 0.3) is 15.9 Å². The van der Waals surface area contributed by atoms with E-state index in [-0.39, 0.29) is 17.4 Å². The quantitative estimate of drug-likeness (QED) is 0.500. The molecule has 0 bridgehead atoms. The number of anilines is 2. The number of pyridine rings is 3. The van der Waals surface area contributed by atoms with E-state index in [2.05, 4.69) is 24.6 Å². The highest BCUT2D eigenvalue weighted by atomic mass is 19.1. The first-order valence-corrected chi connectivity index (χ1v) is 11.9. The number of rotatable bonds is 6. The summed E-state index contributed by atoms with van der Waals surface area (Å²) in [6.45, 7) is 8.31. The molecular formula is C26H29FN6O. The zero-order valence-corrected chi connectivity index (χ0v) is 19.6. The minimum atomic E-state index is -0.309. The SMILES string of the molecule is [C-]#[N+]c1ccc2c(n1)c(N(C)C1CCC(N(CC3CC3)c3ccc(F)cn3)CC1)cc(=O)n2C. The summed E-state index contributed by atoms with van der Waals surface area (Å²) in [5.41, 5.74) is 2.11. The molecule has 34 heavy (non-hydrogen) atoms. The Kier molecular flexibility index (Phi) is 5.94. The number of hydrogen-bond donors (Lipinski definition) is 0. The number of aromatic nitrogens is 3. The predicted octanol–water partition coefficient (Wildman–Crippen LogP) is 4.68. The van der Waals surface area contributed by atoms with Crippen LogP contribution < -0.4 is 15.4 Å².